The monoisotopic (exact) mass is 424 g/mol. The van der Waals surface area contributed by atoms with Crippen molar-refractivity contribution in [3.05, 3.63) is 53.3 Å². The summed E-state index contributed by atoms with van der Waals surface area (Å²) in [5, 5.41) is 6.39. The van der Waals surface area contributed by atoms with Gasteiger partial charge in [0.15, 0.2) is 0 Å². The van der Waals surface area contributed by atoms with Crippen molar-refractivity contribution < 1.29 is 14.3 Å². The average molecular weight is 425 g/mol. The van der Waals surface area contributed by atoms with Crippen molar-refractivity contribution in [2.75, 3.05) is 23.9 Å². The van der Waals surface area contributed by atoms with E-state index in [1.54, 1.807) is 32.1 Å². The number of hydrogen-bond donors (Lipinski definition) is 2. The molecule has 2 heterocycles. The van der Waals surface area contributed by atoms with Gasteiger partial charge < -0.3 is 20.3 Å². The van der Waals surface area contributed by atoms with Gasteiger partial charge in [0.25, 0.3) is 0 Å². The topological polar surface area (TPSA) is 83.6 Å². The van der Waals surface area contributed by atoms with E-state index in [1.807, 2.05) is 30.3 Å². The molecule has 1 aromatic heterocycles. The summed E-state index contributed by atoms with van der Waals surface area (Å²) in [6.07, 6.45) is 1.76. The van der Waals surface area contributed by atoms with Crippen LogP contribution in [0.15, 0.2) is 36.5 Å². The van der Waals surface area contributed by atoms with Crippen LogP contribution in [0.5, 0.6) is 0 Å². The number of hydrogen-bond acceptors (Lipinski definition) is 5. The maximum Gasteiger partial charge on any atom is 0.242 e. The lowest BCUT2D eigenvalue weighted by molar-refractivity contribution is -0.136. The summed E-state index contributed by atoms with van der Waals surface area (Å²) in [5.41, 5.74) is 3.32. The summed E-state index contributed by atoms with van der Waals surface area (Å²) < 4.78 is 5.22. The van der Waals surface area contributed by atoms with Gasteiger partial charge in [0.05, 0.1) is 23.7 Å². The summed E-state index contributed by atoms with van der Waals surface area (Å²) in [6, 6.07) is 9.81. The van der Waals surface area contributed by atoms with Crippen molar-refractivity contribution in [2.45, 2.75) is 47.4 Å². The third-order valence-electron chi connectivity index (χ3n) is 5.41. The van der Waals surface area contributed by atoms with Crippen LogP contribution >= 0.6 is 0 Å². The van der Waals surface area contributed by atoms with E-state index in [4.69, 9.17) is 4.74 Å². The van der Waals surface area contributed by atoms with Gasteiger partial charge in [-0.15, -0.1) is 0 Å². The van der Waals surface area contributed by atoms with Crippen molar-refractivity contribution in [3.8, 4) is 0 Å². The zero-order valence-corrected chi connectivity index (χ0v) is 19.0. The lowest BCUT2D eigenvalue weighted by Gasteiger charge is -2.29. The molecule has 0 radical (unpaired) electrons. The Morgan fingerprint density at radius 2 is 1.97 bits per heavy atom. The third-order valence-corrected chi connectivity index (χ3v) is 5.41. The van der Waals surface area contributed by atoms with E-state index in [0.29, 0.717) is 31.9 Å². The van der Waals surface area contributed by atoms with Gasteiger partial charge in [-0.3, -0.25) is 14.6 Å². The van der Waals surface area contributed by atoms with Gasteiger partial charge in [-0.1, -0.05) is 26.0 Å². The molecule has 2 aromatic rings. The van der Waals surface area contributed by atoms with Crippen LogP contribution in [0, 0.1) is 11.3 Å². The van der Waals surface area contributed by atoms with Crippen LogP contribution in [0.2, 0.25) is 0 Å². The second-order valence-electron chi connectivity index (χ2n) is 8.89. The second kappa shape index (κ2) is 9.58. The highest BCUT2D eigenvalue weighted by Crippen LogP contribution is 2.36. The van der Waals surface area contributed by atoms with E-state index >= 15 is 0 Å². The first kappa shape index (κ1) is 22.9. The molecule has 0 unspecified atom stereocenters. The van der Waals surface area contributed by atoms with Gasteiger partial charge in [0.2, 0.25) is 11.8 Å². The fourth-order valence-corrected chi connectivity index (χ4v) is 3.64. The second-order valence-corrected chi connectivity index (χ2v) is 8.89. The van der Waals surface area contributed by atoms with Crippen LogP contribution in [0.3, 0.4) is 0 Å². The minimum Gasteiger partial charge on any atom is -0.378 e. The SMILES string of the molecule is COCc1ncccc1CNCc1ccc2c(c1)NC(=O)C(C)(C)C(=O)N2CC(C)C. The number of amides is 2. The summed E-state index contributed by atoms with van der Waals surface area (Å²) in [7, 11) is 1.66. The Morgan fingerprint density at radius 3 is 2.68 bits per heavy atom. The first-order valence-corrected chi connectivity index (χ1v) is 10.6. The molecule has 0 fully saturated rings. The van der Waals surface area contributed by atoms with Gasteiger partial charge >= 0.3 is 0 Å². The fourth-order valence-electron chi connectivity index (χ4n) is 3.64. The van der Waals surface area contributed by atoms with E-state index in [9.17, 15) is 9.59 Å². The van der Waals surface area contributed by atoms with Crippen molar-refractivity contribution in [2.24, 2.45) is 11.3 Å². The van der Waals surface area contributed by atoms with E-state index in [-0.39, 0.29) is 17.7 Å². The number of carbonyl (C=O) groups excluding carboxylic acids is 2. The fraction of sp³-hybridized carbons (Fsp3) is 0.458. The van der Waals surface area contributed by atoms with E-state index in [1.165, 1.54) is 0 Å². The van der Waals surface area contributed by atoms with E-state index in [2.05, 4.69) is 29.5 Å². The number of benzene rings is 1. The van der Waals surface area contributed by atoms with Crippen LogP contribution in [0.25, 0.3) is 0 Å². The molecule has 7 nitrogen and oxygen atoms in total. The predicted molar refractivity (Wildman–Crippen MR) is 122 cm³/mol. The molecule has 0 bridgehead atoms. The number of ether oxygens (including phenoxy) is 1. The van der Waals surface area contributed by atoms with Gasteiger partial charge in [0, 0.05) is 32.9 Å². The summed E-state index contributed by atoms with van der Waals surface area (Å²) >= 11 is 0. The molecular formula is C24H32N4O3. The number of carbonyl (C=O) groups is 2. The number of nitrogens with one attached hydrogen (secondary N) is 2. The number of aromatic nitrogens is 1. The molecule has 1 aliphatic rings. The smallest absolute Gasteiger partial charge is 0.242 e. The maximum atomic E-state index is 13.1. The Hall–Kier alpha value is -2.77. The van der Waals surface area contributed by atoms with Crippen molar-refractivity contribution in [1.29, 1.82) is 0 Å². The summed E-state index contributed by atoms with van der Waals surface area (Å²) in [5.74, 6) is -0.178. The molecule has 0 spiro atoms. The van der Waals surface area contributed by atoms with Gasteiger partial charge in [0.1, 0.15) is 5.41 Å². The van der Waals surface area contributed by atoms with Gasteiger partial charge in [-0.05, 0) is 49.1 Å². The largest absolute Gasteiger partial charge is 0.378 e. The molecule has 2 N–H and O–H groups in total. The lowest BCUT2D eigenvalue weighted by atomic mass is 9.90. The minimum atomic E-state index is -1.12. The molecular weight excluding hydrogens is 392 g/mol. The summed E-state index contributed by atoms with van der Waals surface area (Å²) in [6.45, 7) is 9.79. The Bertz CT molecular complexity index is 956. The lowest BCUT2D eigenvalue weighted by Crippen LogP contribution is -2.46. The molecule has 166 valence electrons. The molecule has 0 saturated carbocycles. The van der Waals surface area contributed by atoms with Crippen molar-refractivity contribution >= 4 is 23.2 Å². The molecule has 7 heteroatoms. The first-order chi connectivity index (χ1) is 14.7. The van der Waals surface area contributed by atoms with Crippen LogP contribution in [-0.4, -0.2) is 30.5 Å². The third kappa shape index (κ3) is 5.11. The zero-order chi connectivity index (χ0) is 22.6. The first-order valence-electron chi connectivity index (χ1n) is 10.6. The standard InChI is InChI=1S/C24H32N4O3/c1-16(2)14-28-21-9-8-17(11-19(21)27-22(29)24(3,4)23(28)30)12-25-13-18-7-6-10-26-20(18)15-31-5/h6-11,16,25H,12-15H2,1-5H3,(H,27,29). The van der Waals surface area contributed by atoms with Crippen LogP contribution < -0.4 is 15.5 Å². The molecule has 1 aliphatic heterocycles. The highest BCUT2D eigenvalue weighted by Gasteiger charge is 2.43. The van der Waals surface area contributed by atoms with Gasteiger partial charge in [-0.2, -0.15) is 0 Å². The molecule has 0 aliphatic carbocycles. The van der Waals surface area contributed by atoms with Crippen molar-refractivity contribution in [1.82, 2.24) is 10.3 Å². The zero-order valence-electron chi connectivity index (χ0n) is 19.0. The van der Waals surface area contributed by atoms with Gasteiger partial charge in [-0.25, -0.2) is 0 Å². The normalized spacial score (nSPS) is 15.6. The number of anilines is 2. The Kier molecular flexibility index (Phi) is 7.08. The Morgan fingerprint density at radius 1 is 1.19 bits per heavy atom. The summed E-state index contributed by atoms with van der Waals surface area (Å²) in [4.78, 5) is 32.0. The van der Waals surface area contributed by atoms with E-state index in [0.717, 1.165) is 22.5 Å². The number of nitrogens with zero attached hydrogens (tertiary/aromatic N) is 2. The molecule has 3 rings (SSSR count). The predicted octanol–water partition coefficient (Wildman–Crippen LogP) is 3.49. The minimum absolute atomic E-state index is 0.175. The van der Waals surface area contributed by atoms with Crippen LogP contribution in [0.4, 0.5) is 11.4 Å². The highest BCUT2D eigenvalue weighted by molar-refractivity contribution is 6.19. The molecule has 1 aromatic carbocycles. The average Bonchev–Trinajstić information content (AvgIpc) is 2.78. The number of methoxy groups -OCH3 is 1. The van der Waals surface area contributed by atoms with Crippen molar-refractivity contribution in [3.63, 3.8) is 0 Å². The number of pyridine rings is 1. The maximum absolute atomic E-state index is 13.1. The van der Waals surface area contributed by atoms with Crippen LogP contribution in [-0.2, 0) is 34.0 Å². The van der Waals surface area contributed by atoms with E-state index < -0.39 is 5.41 Å². The number of fused-ring (bicyclic) bond motifs is 1. The Balaban J connectivity index is 1.79. The molecule has 0 atom stereocenters. The number of rotatable bonds is 8. The quantitative estimate of drug-likeness (QED) is 0.634. The molecule has 2 amide bonds. The molecule has 0 saturated heterocycles. The van der Waals surface area contributed by atoms with Crippen LogP contribution in [0.1, 0.15) is 44.5 Å². The Labute approximate surface area is 184 Å². The highest BCUT2D eigenvalue weighted by atomic mass is 16.5. The molecule has 31 heavy (non-hydrogen) atoms.